The molecule has 7 heteroatoms. The standard InChI is InChI=1S/C36H52N2O4S/c1-25-11-9-10-14-30(25)32-22-27(15-18-31(32)34(39)37-33(35(40)41)19-20-43-5)23-38(28-16-17-28)29(24-42-36(2,3)4)21-26-12-7-6-8-13-26/h9-11,14-15,18,22,26,28-29,33H,6-8,12-13,16-17,19-21,23-24H2,1-5H3,(H,37,39)(H,40,41). The smallest absolute Gasteiger partial charge is 0.326 e. The van der Waals surface area contributed by atoms with Crippen molar-refractivity contribution in [2.45, 2.75) is 116 Å². The lowest BCUT2D eigenvalue weighted by molar-refractivity contribution is -0.139. The first-order valence-electron chi connectivity index (χ1n) is 16.2. The number of carboxylic acid groups (broad SMARTS) is 1. The molecule has 2 N–H and O–H groups in total. The Morgan fingerprint density at radius 2 is 1.77 bits per heavy atom. The van der Waals surface area contributed by atoms with E-state index < -0.39 is 12.0 Å². The normalized spacial score (nSPS) is 17.5. The number of ether oxygens (including phenoxy) is 1. The number of benzene rings is 2. The molecule has 0 radical (unpaired) electrons. The summed E-state index contributed by atoms with van der Waals surface area (Å²) in [6.45, 7) is 10.0. The van der Waals surface area contributed by atoms with Gasteiger partial charge in [0, 0.05) is 24.2 Å². The number of nitrogens with zero attached hydrogens (tertiary/aromatic N) is 1. The number of hydrogen-bond acceptors (Lipinski definition) is 5. The van der Waals surface area contributed by atoms with Gasteiger partial charge in [-0.25, -0.2) is 4.79 Å². The highest BCUT2D eigenvalue weighted by atomic mass is 32.2. The first kappa shape index (κ1) is 33.5. The van der Waals surface area contributed by atoms with Crippen LogP contribution >= 0.6 is 11.8 Å². The molecule has 0 spiro atoms. The molecular formula is C36H52N2O4S. The molecule has 4 rings (SSSR count). The van der Waals surface area contributed by atoms with E-state index in [1.807, 2.05) is 24.5 Å². The summed E-state index contributed by atoms with van der Waals surface area (Å²) in [4.78, 5) is 28.2. The molecule has 2 atom stereocenters. The highest BCUT2D eigenvalue weighted by Gasteiger charge is 2.36. The Bertz CT molecular complexity index is 1220. The molecule has 2 aromatic rings. The zero-order valence-corrected chi connectivity index (χ0v) is 27.7. The molecule has 2 saturated carbocycles. The fourth-order valence-corrected chi connectivity index (χ4v) is 6.81. The molecule has 43 heavy (non-hydrogen) atoms. The third-order valence-corrected chi connectivity index (χ3v) is 9.51. The molecule has 2 aliphatic carbocycles. The van der Waals surface area contributed by atoms with E-state index in [1.165, 1.54) is 56.9 Å². The topological polar surface area (TPSA) is 78.9 Å². The summed E-state index contributed by atoms with van der Waals surface area (Å²) in [5.41, 5.74) is 4.44. The molecule has 0 saturated heterocycles. The molecule has 0 aliphatic heterocycles. The van der Waals surface area contributed by atoms with E-state index in [1.54, 1.807) is 11.8 Å². The molecule has 236 valence electrons. The van der Waals surface area contributed by atoms with Crippen LogP contribution in [-0.4, -0.2) is 64.2 Å². The molecular weight excluding hydrogens is 556 g/mol. The predicted molar refractivity (Wildman–Crippen MR) is 178 cm³/mol. The van der Waals surface area contributed by atoms with E-state index >= 15 is 0 Å². The molecule has 0 aromatic heterocycles. The van der Waals surface area contributed by atoms with Crippen LogP contribution in [0.15, 0.2) is 42.5 Å². The van der Waals surface area contributed by atoms with Crippen LogP contribution < -0.4 is 5.32 Å². The van der Waals surface area contributed by atoms with Gasteiger partial charge in [-0.3, -0.25) is 9.69 Å². The van der Waals surface area contributed by atoms with Crippen LogP contribution in [0.25, 0.3) is 11.1 Å². The van der Waals surface area contributed by atoms with Crippen LogP contribution in [0.5, 0.6) is 0 Å². The Balaban J connectivity index is 1.64. The Morgan fingerprint density at radius 3 is 2.40 bits per heavy atom. The summed E-state index contributed by atoms with van der Waals surface area (Å²) >= 11 is 1.58. The van der Waals surface area contributed by atoms with Gasteiger partial charge in [0.25, 0.3) is 5.91 Å². The highest BCUT2D eigenvalue weighted by Crippen LogP contribution is 2.36. The Morgan fingerprint density at radius 1 is 1.05 bits per heavy atom. The van der Waals surface area contributed by atoms with Gasteiger partial charge >= 0.3 is 5.97 Å². The summed E-state index contributed by atoms with van der Waals surface area (Å²) in [5.74, 6) is 0.0771. The van der Waals surface area contributed by atoms with E-state index in [0.29, 0.717) is 29.8 Å². The van der Waals surface area contributed by atoms with Gasteiger partial charge in [0.1, 0.15) is 6.04 Å². The number of amides is 1. The van der Waals surface area contributed by atoms with Gasteiger partial charge in [0.05, 0.1) is 12.2 Å². The van der Waals surface area contributed by atoms with E-state index in [9.17, 15) is 14.7 Å². The van der Waals surface area contributed by atoms with Crippen molar-refractivity contribution in [1.29, 1.82) is 0 Å². The Labute approximate surface area is 263 Å². The molecule has 6 nitrogen and oxygen atoms in total. The summed E-state index contributed by atoms with van der Waals surface area (Å²) in [7, 11) is 0. The minimum atomic E-state index is -1.00. The van der Waals surface area contributed by atoms with Crippen molar-refractivity contribution in [1.82, 2.24) is 10.2 Å². The minimum absolute atomic E-state index is 0.184. The number of rotatable bonds is 15. The molecule has 2 fully saturated rings. The molecule has 2 unspecified atom stereocenters. The maximum absolute atomic E-state index is 13.6. The summed E-state index contributed by atoms with van der Waals surface area (Å²) < 4.78 is 6.43. The van der Waals surface area contributed by atoms with Gasteiger partial charge in [-0.2, -0.15) is 11.8 Å². The summed E-state index contributed by atoms with van der Waals surface area (Å²) in [6, 6.07) is 14.2. The fraction of sp³-hybridized carbons (Fsp3) is 0.611. The van der Waals surface area contributed by atoms with Crippen molar-refractivity contribution >= 4 is 23.6 Å². The lowest BCUT2D eigenvalue weighted by Crippen LogP contribution is -2.43. The van der Waals surface area contributed by atoms with Crippen LogP contribution in [0.3, 0.4) is 0 Å². The average Bonchev–Trinajstić information content (AvgIpc) is 3.82. The third kappa shape index (κ3) is 10.1. The lowest BCUT2D eigenvalue weighted by Gasteiger charge is -2.37. The Hall–Kier alpha value is -2.35. The number of aryl methyl sites for hydroxylation is 1. The van der Waals surface area contributed by atoms with E-state index in [0.717, 1.165) is 35.8 Å². The largest absolute Gasteiger partial charge is 0.480 e. The van der Waals surface area contributed by atoms with Crippen molar-refractivity contribution in [3.8, 4) is 11.1 Å². The zero-order chi connectivity index (χ0) is 31.0. The van der Waals surface area contributed by atoms with Crippen molar-refractivity contribution in [2.24, 2.45) is 5.92 Å². The van der Waals surface area contributed by atoms with Gasteiger partial charge in [-0.05, 0) is 106 Å². The molecule has 1 amide bonds. The monoisotopic (exact) mass is 608 g/mol. The summed E-state index contributed by atoms with van der Waals surface area (Å²) in [5, 5.41) is 12.6. The Kier molecular flexibility index (Phi) is 12.2. The molecule has 0 heterocycles. The highest BCUT2D eigenvalue weighted by molar-refractivity contribution is 7.98. The van der Waals surface area contributed by atoms with Crippen LogP contribution in [0.2, 0.25) is 0 Å². The number of carboxylic acids is 1. The van der Waals surface area contributed by atoms with Crippen molar-refractivity contribution < 1.29 is 19.4 Å². The maximum Gasteiger partial charge on any atom is 0.326 e. The minimum Gasteiger partial charge on any atom is -0.480 e. The predicted octanol–water partition coefficient (Wildman–Crippen LogP) is 7.72. The first-order chi connectivity index (χ1) is 20.6. The van der Waals surface area contributed by atoms with Gasteiger partial charge in [-0.15, -0.1) is 0 Å². The van der Waals surface area contributed by atoms with Gasteiger partial charge < -0.3 is 15.2 Å². The van der Waals surface area contributed by atoms with Crippen LogP contribution in [0, 0.1) is 12.8 Å². The van der Waals surface area contributed by atoms with Crippen molar-refractivity contribution in [3.05, 3.63) is 59.2 Å². The number of hydrogen-bond donors (Lipinski definition) is 2. The van der Waals surface area contributed by atoms with E-state index in [2.05, 4.69) is 62.2 Å². The lowest BCUT2D eigenvalue weighted by atomic mass is 9.84. The second-order valence-corrected chi connectivity index (χ2v) is 14.5. The second-order valence-electron chi connectivity index (χ2n) is 13.6. The van der Waals surface area contributed by atoms with Gasteiger partial charge in [-0.1, -0.05) is 62.4 Å². The number of aliphatic carboxylic acids is 1. The number of carbonyl (C=O) groups is 2. The summed E-state index contributed by atoms with van der Waals surface area (Å²) in [6.07, 6.45) is 12.6. The molecule has 0 bridgehead atoms. The van der Waals surface area contributed by atoms with Gasteiger partial charge in [0.15, 0.2) is 0 Å². The zero-order valence-electron chi connectivity index (χ0n) is 26.9. The third-order valence-electron chi connectivity index (χ3n) is 8.87. The number of carbonyl (C=O) groups excluding carboxylic acids is 1. The number of nitrogens with one attached hydrogen (secondary N) is 1. The van der Waals surface area contributed by atoms with Crippen molar-refractivity contribution in [3.63, 3.8) is 0 Å². The molecule has 2 aliphatic rings. The first-order valence-corrected chi connectivity index (χ1v) is 17.6. The maximum atomic E-state index is 13.6. The average molecular weight is 609 g/mol. The SMILES string of the molecule is CSCCC(NC(=O)c1ccc(CN(C2CC2)C(COC(C)(C)C)CC2CCCCC2)cc1-c1ccccc1C)C(=O)O. The van der Waals surface area contributed by atoms with E-state index in [-0.39, 0.29) is 11.5 Å². The van der Waals surface area contributed by atoms with Crippen LogP contribution in [-0.2, 0) is 16.1 Å². The fourth-order valence-electron chi connectivity index (χ4n) is 6.34. The second kappa shape index (κ2) is 15.6. The van der Waals surface area contributed by atoms with Gasteiger partial charge in [0.2, 0.25) is 0 Å². The van der Waals surface area contributed by atoms with Crippen LogP contribution in [0.1, 0.15) is 100 Å². The molecule has 2 aromatic carbocycles. The number of thioether (sulfide) groups is 1. The van der Waals surface area contributed by atoms with Crippen LogP contribution in [0.4, 0.5) is 0 Å². The quantitative estimate of drug-likeness (QED) is 0.216. The van der Waals surface area contributed by atoms with Crippen molar-refractivity contribution in [2.75, 3.05) is 18.6 Å². The van der Waals surface area contributed by atoms with E-state index in [4.69, 9.17) is 4.74 Å².